The molecule has 0 bridgehead atoms. The Hall–Kier alpha value is -1.44. The van der Waals surface area contributed by atoms with Crippen molar-refractivity contribution in [2.24, 2.45) is 0 Å². The number of halogens is 3. The summed E-state index contributed by atoms with van der Waals surface area (Å²) in [5.74, 6) is 0. The molecule has 0 aliphatic rings. The van der Waals surface area contributed by atoms with E-state index in [-0.39, 0.29) is 5.69 Å². The molecule has 112 valence electrons. The molecule has 4 nitrogen and oxygen atoms in total. The Morgan fingerprint density at radius 1 is 1.45 bits per heavy atom. The van der Waals surface area contributed by atoms with Crippen LogP contribution in [0.4, 0.5) is 24.5 Å². The van der Waals surface area contributed by atoms with Crippen LogP contribution in [0, 0.1) is 10.1 Å². The summed E-state index contributed by atoms with van der Waals surface area (Å²) >= 11 is 1.66. The molecular weight excluding hydrogens is 293 g/mol. The van der Waals surface area contributed by atoms with E-state index in [0.717, 1.165) is 18.6 Å². The number of anilines is 1. The molecule has 0 radical (unpaired) electrons. The van der Waals surface area contributed by atoms with Crippen molar-refractivity contribution in [1.82, 2.24) is 0 Å². The van der Waals surface area contributed by atoms with Crippen LogP contribution < -0.4 is 5.32 Å². The second-order valence-electron chi connectivity index (χ2n) is 4.25. The molecule has 1 unspecified atom stereocenters. The number of nitro groups is 1. The number of hydrogen-bond acceptors (Lipinski definition) is 4. The van der Waals surface area contributed by atoms with Gasteiger partial charge in [0, 0.05) is 23.5 Å². The van der Waals surface area contributed by atoms with Crippen molar-refractivity contribution >= 4 is 23.1 Å². The number of benzene rings is 1. The molecule has 0 heterocycles. The molecular formula is C12H15F3N2O2S. The number of alkyl halides is 3. The van der Waals surface area contributed by atoms with Gasteiger partial charge in [0.1, 0.15) is 5.56 Å². The van der Waals surface area contributed by atoms with Gasteiger partial charge in [0.2, 0.25) is 0 Å². The molecule has 0 aromatic heterocycles. The lowest BCUT2D eigenvalue weighted by Crippen LogP contribution is -2.11. The molecule has 0 fully saturated rings. The topological polar surface area (TPSA) is 55.2 Å². The summed E-state index contributed by atoms with van der Waals surface area (Å²) in [7, 11) is 0. The van der Waals surface area contributed by atoms with Crippen LogP contribution in [0.15, 0.2) is 18.2 Å². The molecule has 8 heteroatoms. The van der Waals surface area contributed by atoms with Gasteiger partial charge in [-0.15, -0.1) is 0 Å². The van der Waals surface area contributed by atoms with Crippen molar-refractivity contribution in [3.05, 3.63) is 33.9 Å². The van der Waals surface area contributed by atoms with Crippen molar-refractivity contribution in [2.75, 3.05) is 18.1 Å². The third kappa shape index (κ3) is 4.59. The maximum atomic E-state index is 12.8. The zero-order chi connectivity index (χ0) is 15.3. The molecule has 0 aliphatic carbocycles. The van der Waals surface area contributed by atoms with Crippen molar-refractivity contribution in [3.63, 3.8) is 0 Å². The van der Waals surface area contributed by atoms with E-state index in [9.17, 15) is 23.3 Å². The maximum Gasteiger partial charge on any atom is 0.423 e. The summed E-state index contributed by atoms with van der Waals surface area (Å²) < 4.78 is 38.3. The zero-order valence-electron chi connectivity index (χ0n) is 11.0. The van der Waals surface area contributed by atoms with E-state index < -0.39 is 22.4 Å². The largest absolute Gasteiger partial charge is 0.423 e. The minimum atomic E-state index is -4.74. The van der Waals surface area contributed by atoms with E-state index in [0.29, 0.717) is 11.8 Å². The van der Waals surface area contributed by atoms with Crippen LogP contribution in [0.25, 0.3) is 0 Å². The van der Waals surface area contributed by atoms with Crippen LogP contribution >= 0.6 is 11.8 Å². The quantitative estimate of drug-likeness (QED) is 0.633. The number of nitrogens with one attached hydrogen (secondary N) is 1. The highest BCUT2D eigenvalue weighted by molar-refractivity contribution is 7.99. The fourth-order valence-corrected chi connectivity index (χ4v) is 1.92. The normalized spacial score (nSPS) is 13.1. The van der Waals surface area contributed by atoms with Gasteiger partial charge in [-0.05, 0) is 24.8 Å². The minimum Gasteiger partial charge on any atom is -0.385 e. The molecule has 0 saturated heterocycles. The predicted octanol–water partition coefficient (Wildman–Crippen LogP) is 4.17. The van der Waals surface area contributed by atoms with Crippen LogP contribution in [0.1, 0.15) is 18.9 Å². The highest BCUT2D eigenvalue weighted by atomic mass is 32.2. The Morgan fingerprint density at radius 2 is 2.10 bits per heavy atom. The average Bonchev–Trinajstić information content (AvgIpc) is 2.37. The Labute approximate surface area is 118 Å². The fraction of sp³-hybridized carbons (Fsp3) is 0.500. The van der Waals surface area contributed by atoms with E-state index in [2.05, 4.69) is 5.32 Å². The second kappa shape index (κ2) is 6.83. The molecule has 1 atom stereocenters. The molecule has 1 N–H and O–H groups in total. The van der Waals surface area contributed by atoms with Crippen LogP contribution in [-0.4, -0.2) is 23.0 Å². The lowest BCUT2D eigenvalue weighted by atomic mass is 10.1. The van der Waals surface area contributed by atoms with Crippen molar-refractivity contribution < 1.29 is 18.1 Å². The molecule has 0 amide bonds. The number of nitro benzene ring substituents is 1. The SMILES string of the molecule is CSC(C)CCNc1ccc([N+](=O)[O-])c(C(F)(F)F)c1. The van der Waals surface area contributed by atoms with E-state index in [1.807, 2.05) is 13.2 Å². The Kier molecular flexibility index (Phi) is 5.67. The molecule has 0 saturated carbocycles. The average molecular weight is 308 g/mol. The van der Waals surface area contributed by atoms with Gasteiger partial charge in [-0.2, -0.15) is 24.9 Å². The molecule has 0 aliphatic heterocycles. The van der Waals surface area contributed by atoms with Crippen molar-refractivity contribution in [1.29, 1.82) is 0 Å². The van der Waals surface area contributed by atoms with Crippen LogP contribution in [0.2, 0.25) is 0 Å². The van der Waals surface area contributed by atoms with E-state index in [4.69, 9.17) is 0 Å². The first-order valence-corrected chi connectivity index (χ1v) is 7.16. The first kappa shape index (κ1) is 16.6. The van der Waals surface area contributed by atoms with Crippen LogP contribution in [0.3, 0.4) is 0 Å². The molecule has 0 spiro atoms. The molecule has 20 heavy (non-hydrogen) atoms. The maximum absolute atomic E-state index is 12.8. The summed E-state index contributed by atoms with van der Waals surface area (Å²) in [6.45, 7) is 2.53. The standard InChI is InChI=1S/C12H15F3N2O2S/c1-8(20-2)5-6-16-9-3-4-11(17(18)19)10(7-9)12(13,14)15/h3-4,7-8,16H,5-6H2,1-2H3. The lowest BCUT2D eigenvalue weighted by Gasteiger charge is -2.12. The van der Waals surface area contributed by atoms with Gasteiger partial charge in [0.15, 0.2) is 0 Å². The molecule has 1 aromatic rings. The zero-order valence-corrected chi connectivity index (χ0v) is 11.8. The Morgan fingerprint density at radius 3 is 2.60 bits per heavy atom. The van der Waals surface area contributed by atoms with E-state index in [1.54, 1.807) is 11.8 Å². The van der Waals surface area contributed by atoms with E-state index in [1.165, 1.54) is 6.07 Å². The Balaban J connectivity index is 2.88. The number of rotatable bonds is 6. The van der Waals surface area contributed by atoms with Gasteiger partial charge in [0.25, 0.3) is 5.69 Å². The second-order valence-corrected chi connectivity index (χ2v) is 5.52. The fourth-order valence-electron chi connectivity index (χ4n) is 1.57. The highest BCUT2D eigenvalue weighted by Gasteiger charge is 2.38. The third-order valence-corrected chi connectivity index (χ3v) is 3.82. The Bertz CT molecular complexity index is 480. The number of nitrogens with zero attached hydrogens (tertiary/aromatic N) is 1. The van der Waals surface area contributed by atoms with Gasteiger partial charge < -0.3 is 5.32 Å². The first-order valence-electron chi connectivity index (χ1n) is 5.88. The van der Waals surface area contributed by atoms with Gasteiger partial charge in [-0.3, -0.25) is 10.1 Å². The third-order valence-electron chi connectivity index (χ3n) is 2.78. The first-order chi connectivity index (χ1) is 9.25. The summed E-state index contributed by atoms with van der Waals surface area (Å²) in [6, 6.07) is 2.95. The van der Waals surface area contributed by atoms with Crippen molar-refractivity contribution in [2.45, 2.75) is 24.8 Å². The van der Waals surface area contributed by atoms with Gasteiger partial charge in [-0.25, -0.2) is 0 Å². The van der Waals surface area contributed by atoms with Crippen LogP contribution in [-0.2, 0) is 6.18 Å². The van der Waals surface area contributed by atoms with Gasteiger partial charge >= 0.3 is 6.18 Å². The monoisotopic (exact) mass is 308 g/mol. The molecule has 1 rings (SSSR count). The number of thioether (sulfide) groups is 1. The van der Waals surface area contributed by atoms with Crippen LogP contribution in [0.5, 0.6) is 0 Å². The summed E-state index contributed by atoms with van der Waals surface area (Å²) in [4.78, 5) is 9.58. The molecule has 1 aromatic carbocycles. The summed E-state index contributed by atoms with van der Waals surface area (Å²) in [5, 5.41) is 13.8. The summed E-state index contributed by atoms with van der Waals surface area (Å²) in [5.41, 5.74) is -1.93. The smallest absolute Gasteiger partial charge is 0.385 e. The highest BCUT2D eigenvalue weighted by Crippen LogP contribution is 2.37. The predicted molar refractivity (Wildman–Crippen MR) is 74.2 cm³/mol. The van der Waals surface area contributed by atoms with E-state index >= 15 is 0 Å². The van der Waals surface area contributed by atoms with Crippen molar-refractivity contribution in [3.8, 4) is 0 Å². The van der Waals surface area contributed by atoms with Gasteiger partial charge in [0.05, 0.1) is 4.92 Å². The summed E-state index contributed by atoms with van der Waals surface area (Å²) in [6.07, 6.45) is -2.00. The number of hydrogen-bond donors (Lipinski definition) is 1. The lowest BCUT2D eigenvalue weighted by molar-refractivity contribution is -0.388. The van der Waals surface area contributed by atoms with Gasteiger partial charge in [-0.1, -0.05) is 6.92 Å². The minimum absolute atomic E-state index is 0.233.